The molecule has 0 aromatic carbocycles. The highest BCUT2D eigenvalue weighted by Gasteiger charge is 2.16. The maximum atomic E-state index is 5.55. The lowest BCUT2D eigenvalue weighted by molar-refractivity contribution is -0.141. The van der Waals surface area contributed by atoms with Crippen molar-refractivity contribution >= 4 is 0 Å². The largest absolute Gasteiger partial charge is 0.353 e. The first-order chi connectivity index (χ1) is 7.36. The van der Waals surface area contributed by atoms with E-state index in [9.17, 15) is 0 Å². The van der Waals surface area contributed by atoms with Gasteiger partial charge in [0.25, 0.3) is 0 Å². The fraction of sp³-hybridized carbons (Fsp3) is 1.00. The Balaban J connectivity index is 2.13. The van der Waals surface area contributed by atoms with Gasteiger partial charge in [0, 0.05) is 13.2 Å². The Morgan fingerprint density at radius 2 is 1.60 bits per heavy atom. The van der Waals surface area contributed by atoms with Gasteiger partial charge >= 0.3 is 0 Å². The molecule has 0 heterocycles. The molecule has 15 heavy (non-hydrogen) atoms. The highest BCUT2D eigenvalue weighted by molar-refractivity contribution is 4.66. The predicted molar refractivity (Wildman–Crippen MR) is 62.8 cm³/mol. The van der Waals surface area contributed by atoms with E-state index in [1.165, 1.54) is 38.5 Å². The van der Waals surface area contributed by atoms with Gasteiger partial charge < -0.3 is 9.47 Å². The van der Waals surface area contributed by atoms with Crippen molar-refractivity contribution in [3.05, 3.63) is 0 Å². The van der Waals surface area contributed by atoms with Crippen LogP contribution < -0.4 is 0 Å². The van der Waals surface area contributed by atoms with E-state index in [0.717, 1.165) is 25.6 Å². The van der Waals surface area contributed by atoms with Gasteiger partial charge in [0.15, 0.2) is 6.29 Å². The molecule has 1 saturated carbocycles. The van der Waals surface area contributed by atoms with Crippen LogP contribution in [0.4, 0.5) is 0 Å². The van der Waals surface area contributed by atoms with Gasteiger partial charge in [0.2, 0.25) is 0 Å². The smallest absolute Gasteiger partial charge is 0.157 e. The van der Waals surface area contributed by atoms with Crippen molar-refractivity contribution in [2.24, 2.45) is 5.92 Å². The number of hydrogen-bond acceptors (Lipinski definition) is 2. The molecule has 1 aliphatic carbocycles. The van der Waals surface area contributed by atoms with Crippen LogP contribution in [0.5, 0.6) is 0 Å². The SMILES string of the molecule is CCOC(CCC1CCCCC1)OCC. The molecule has 0 atom stereocenters. The first-order valence-corrected chi connectivity index (χ1v) is 6.60. The van der Waals surface area contributed by atoms with E-state index in [1.54, 1.807) is 0 Å². The summed E-state index contributed by atoms with van der Waals surface area (Å²) in [4.78, 5) is 0. The van der Waals surface area contributed by atoms with Crippen LogP contribution in [0.2, 0.25) is 0 Å². The molecule has 0 spiro atoms. The number of ether oxygens (including phenoxy) is 2. The van der Waals surface area contributed by atoms with E-state index < -0.39 is 0 Å². The van der Waals surface area contributed by atoms with E-state index >= 15 is 0 Å². The summed E-state index contributed by atoms with van der Waals surface area (Å²) in [5.74, 6) is 0.933. The maximum absolute atomic E-state index is 5.55. The minimum Gasteiger partial charge on any atom is -0.353 e. The minimum absolute atomic E-state index is 0.0435. The fourth-order valence-corrected chi connectivity index (χ4v) is 2.43. The molecule has 0 saturated heterocycles. The summed E-state index contributed by atoms with van der Waals surface area (Å²) in [6.07, 6.45) is 9.54. The Morgan fingerprint density at radius 3 is 2.13 bits per heavy atom. The quantitative estimate of drug-likeness (QED) is 0.601. The first-order valence-electron chi connectivity index (χ1n) is 6.60. The zero-order valence-electron chi connectivity index (χ0n) is 10.3. The monoisotopic (exact) mass is 214 g/mol. The molecule has 1 aliphatic rings. The molecule has 0 N–H and O–H groups in total. The van der Waals surface area contributed by atoms with E-state index in [2.05, 4.69) is 0 Å². The molecular weight excluding hydrogens is 188 g/mol. The molecule has 2 heteroatoms. The maximum Gasteiger partial charge on any atom is 0.157 e. The van der Waals surface area contributed by atoms with Crippen LogP contribution in [0.3, 0.4) is 0 Å². The summed E-state index contributed by atoms with van der Waals surface area (Å²) in [5, 5.41) is 0. The fourth-order valence-electron chi connectivity index (χ4n) is 2.43. The van der Waals surface area contributed by atoms with Crippen molar-refractivity contribution in [1.29, 1.82) is 0 Å². The van der Waals surface area contributed by atoms with Crippen LogP contribution >= 0.6 is 0 Å². The second-order valence-electron chi connectivity index (χ2n) is 4.42. The molecule has 90 valence electrons. The summed E-state index contributed by atoms with van der Waals surface area (Å²) >= 11 is 0. The van der Waals surface area contributed by atoms with E-state index in [4.69, 9.17) is 9.47 Å². The third-order valence-electron chi connectivity index (χ3n) is 3.24. The average Bonchev–Trinajstić information content (AvgIpc) is 2.28. The van der Waals surface area contributed by atoms with Gasteiger partial charge in [-0.25, -0.2) is 0 Å². The van der Waals surface area contributed by atoms with Crippen LogP contribution in [-0.2, 0) is 9.47 Å². The second kappa shape index (κ2) is 8.12. The van der Waals surface area contributed by atoms with Gasteiger partial charge in [-0.2, -0.15) is 0 Å². The third kappa shape index (κ3) is 5.53. The summed E-state index contributed by atoms with van der Waals surface area (Å²) in [5.41, 5.74) is 0. The van der Waals surface area contributed by atoms with Gasteiger partial charge in [-0.15, -0.1) is 0 Å². The van der Waals surface area contributed by atoms with Crippen LogP contribution in [0.25, 0.3) is 0 Å². The zero-order chi connectivity index (χ0) is 10.9. The van der Waals surface area contributed by atoms with Crippen molar-refractivity contribution in [3.63, 3.8) is 0 Å². The summed E-state index contributed by atoms with van der Waals surface area (Å²) < 4.78 is 11.1. The minimum atomic E-state index is 0.0435. The zero-order valence-corrected chi connectivity index (χ0v) is 10.3. The Morgan fingerprint density at radius 1 is 1.00 bits per heavy atom. The first kappa shape index (κ1) is 13.0. The van der Waals surface area contributed by atoms with E-state index in [-0.39, 0.29) is 6.29 Å². The Bertz CT molecular complexity index is 135. The molecule has 0 aliphatic heterocycles. The third-order valence-corrected chi connectivity index (χ3v) is 3.24. The topological polar surface area (TPSA) is 18.5 Å². The van der Waals surface area contributed by atoms with Gasteiger partial charge in [-0.1, -0.05) is 32.1 Å². The summed E-state index contributed by atoms with van der Waals surface area (Å²) in [6, 6.07) is 0. The van der Waals surface area contributed by atoms with Crippen LogP contribution in [0.15, 0.2) is 0 Å². The van der Waals surface area contributed by atoms with Crippen molar-refractivity contribution in [2.45, 2.75) is 65.1 Å². The molecule has 2 nitrogen and oxygen atoms in total. The summed E-state index contributed by atoms with van der Waals surface area (Å²) in [6.45, 7) is 5.59. The highest BCUT2D eigenvalue weighted by Crippen LogP contribution is 2.28. The van der Waals surface area contributed by atoms with Gasteiger partial charge in [-0.05, 0) is 32.6 Å². The van der Waals surface area contributed by atoms with Crippen LogP contribution in [0.1, 0.15) is 58.8 Å². The van der Waals surface area contributed by atoms with Crippen LogP contribution in [-0.4, -0.2) is 19.5 Å². The molecule has 0 amide bonds. The Kier molecular flexibility index (Phi) is 7.03. The van der Waals surface area contributed by atoms with E-state index in [1.807, 2.05) is 13.8 Å². The number of hydrogen-bond donors (Lipinski definition) is 0. The van der Waals surface area contributed by atoms with E-state index in [0.29, 0.717) is 0 Å². The summed E-state index contributed by atoms with van der Waals surface area (Å²) in [7, 11) is 0. The van der Waals surface area contributed by atoms with Crippen LogP contribution in [0, 0.1) is 5.92 Å². The molecule has 0 aromatic rings. The van der Waals surface area contributed by atoms with Crippen molar-refractivity contribution in [2.75, 3.05) is 13.2 Å². The normalized spacial score (nSPS) is 18.6. The van der Waals surface area contributed by atoms with Gasteiger partial charge in [-0.3, -0.25) is 0 Å². The Labute approximate surface area is 94.3 Å². The molecule has 0 aromatic heterocycles. The van der Waals surface area contributed by atoms with Crippen molar-refractivity contribution < 1.29 is 9.47 Å². The molecule has 0 radical (unpaired) electrons. The second-order valence-corrected chi connectivity index (χ2v) is 4.42. The molecule has 0 unspecified atom stereocenters. The predicted octanol–water partition coefficient (Wildman–Crippen LogP) is 3.75. The lowest BCUT2D eigenvalue weighted by atomic mass is 9.86. The van der Waals surface area contributed by atoms with Crippen molar-refractivity contribution in [3.8, 4) is 0 Å². The lowest BCUT2D eigenvalue weighted by Crippen LogP contribution is -2.19. The molecular formula is C13H26O2. The average molecular weight is 214 g/mol. The number of rotatable bonds is 7. The standard InChI is InChI=1S/C13H26O2/c1-3-14-13(15-4-2)11-10-12-8-6-5-7-9-12/h12-13H,3-11H2,1-2H3. The van der Waals surface area contributed by atoms with Crippen molar-refractivity contribution in [1.82, 2.24) is 0 Å². The van der Waals surface area contributed by atoms with Gasteiger partial charge in [0.1, 0.15) is 0 Å². The molecule has 1 rings (SSSR count). The van der Waals surface area contributed by atoms with Gasteiger partial charge in [0.05, 0.1) is 0 Å². The Hall–Kier alpha value is -0.0800. The highest BCUT2D eigenvalue weighted by atomic mass is 16.7. The lowest BCUT2D eigenvalue weighted by Gasteiger charge is -2.24. The molecule has 1 fully saturated rings. The molecule has 0 bridgehead atoms.